The fraction of sp³-hybridized carbons (Fsp3) is 0.209. The second kappa shape index (κ2) is 12.5. The van der Waals surface area contributed by atoms with E-state index in [2.05, 4.69) is 128 Å². The van der Waals surface area contributed by atoms with Crippen molar-refractivity contribution in [2.24, 2.45) is 10.3 Å². The molecule has 3 heterocycles. The van der Waals surface area contributed by atoms with Crippen molar-refractivity contribution in [3.63, 3.8) is 0 Å². The number of rotatable bonds is 6. The molecule has 0 saturated carbocycles. The average molecular weight is 646 g/mol. The number of hydrogen-bond donors (Lipinski definition) is 0. The van der Waals surface area contributed by atoms with Crippen LogP contribution in [0.4, 0.5) is 0 Å². The summed E-state index contributed by atoms with van der Waals surface area (Å²) in [4.78, 5) is 16.2. The minimum absolute atomic E-state index is 0.0517. The zero-order valence-electron chi connectivity index (χ0n) is 28.0. The molecule has 8 rings (SSSR count). The molecule has 0 amide bonds. The molecule has 0 N–H and O–H groups in total. The molecular weight excluding hydrogens is 606 g/mol. The lowest BCUT2D eigenvalue weighted by Crippen LogP contribution is -2.69. The molecule has 0 bridgehead atoms. The Kier molecular flexibility index (Phi) is 7.89. The Bertz CT molecular complexity index is 2030. The largest absolute Gasteiger partial charge is 0.422 e. The molecule has 1 fully saturated rings. The Morgan fingerprint density at radius 2 is 1.29 bits per heavy atom. The summed E-state index contributed by atoms with van der Waals surface area (Å²) in [5.41, 5.74) is 8.06. The van der Waals surface area contributed by atoms with Crippen LogP contribution in [0.2, 0.25) is 0 Å². The summed E-state index contributed by atoms with van der Waals surface area (Å²) in [5.74, 6) is -1.39. The molecule has 3 aliphatic heterocycles. The summed E-state index contributed by atoms with van der Waals surface area (Å²) in [6.45, 7) is 7.48. The van der Waals surface area contributed by atoms with Crippen molar-refractivity contribution in [2.75, 3.05) is 13.1 Å². The Labute approximate surface area is 287 Å². The van der Waals surface area contributed by atoms with Gasteiger partial charge in [0, 0.05) is 29.3 Å². The molecule has 0 aromatic heterocycles. The predicted molar refractivity (Wildman–Crippen MR) is 194 cm³/mol. The maximum Gasteiger partial charge on any atom is 0.346 e. The van der Waals surface area contributed by atoms with Crippen molar-refractivity contribution in [1.82, 2.24) is 4.90 Å². The van der Waals surface area contributed by atoms with Crippen LogP contribution < -0.4 is 0 Å². The SMILES string of the molecule is Cc1ccc(/C=C2\CN([C@H](C)c3ccccc3)C[C@]3(ON=C(c4ccccc4)[C@H]3c3ccc(C)cc3)[C@@]23ON=C(c2ccccc2)O3)cc1. The number of aryl methyl sites for hydroxylation is 2. The number of likely N-dealkylation sites (tertiary alicyclic amines) is 1. The van der Waals surface area contributed by atoms with Crippen LogP contribution in [-0.2, 0) is 14.4 Å². The summed E-state index contributed by atoms with van der Waals surface area (Å²) in [7, 11) is 0. The van der Waals surface area contributed by atoms with Gasteiger partial charge in [-0.1, -0.05) is 144 Å². The number of piperidine rings is 1. The molecule has 5 aromatic rings. The Hall–Kier alpha value is -5.46. The van der Waals surface area contributed by atoms with E-state index in [1.807, 2.05) is 48.5 Å². The van der Waals surface area contributed by atoms with Gasteiger partial charge in [0.2, 0.25) is 5.60 Å². The van der Waals surface area contributed by atoms with E-state index in [4.69, 9.17) is 19.6 Å². The first-order chi connectivity index (χ1) is 24.0. The lowest BCUT2D eigenvalue weighted by atomic mass is 9.68. The van der Waals surface area contributed by atoms with E-state index in [1.54, 1.807) is 0 Å². The summed E-state index contributed by atoms with van der Waals surface area (Å²) in [5, 5.41) is 9.63. The summed E-state index contributed by atoms with van der Waals surface area (Å²) < 4.78 is 7.15. The highest BCUT2D eigenvalue weighted by Crippen LogP contribution is 2.57. The van der Waals surface area contributed by atoms with E-state index >= 15 is 0 Å². The lowest BCUT2D eigenvalue weighted by molar-refractivity contribution is -0.279. The highest BCUT2D eigenvalue weighted by molar-refractivity contribution is 6.07. The fourth-order valence-corrected chi connectivity index (χ4v) is 7.38. The summed E-state index contributed by atoms with van der Waals surface area (Å²) >= 11 is 0. The van der Waals surface area contributed by atoms with Crippen LogP contribution in [0, 0.1) is 13.8 Å². The van der Waals surface area contributed by atoms with Gasteiger partial charge in [0.15, 0.2) is 0 Å². The molecule has 2 spiro atoms. The van der Waals surface area contributed by atoms with Crippen LogP contribution >= 0.6 is 0 Å². The van der Waals surface area contributed by atoms with Crippen LogP contribution in [0.5, 0.6) is 0 Å². The van der Waals surface area contributed by atoms with Gasteiger partial charge in [-0.15, -0.1) is 0 Å². The van der Waals surface area contributed by atoms with Gasteiger partial charge in [-0.2, -0.15) is 0 Å². The molecular formula is C43H39N3O3. The van der Waals surface area contributed by atoms with Gasteiger partial charge in [-0.05, 0) is 60.8 Å². The Balaban J connectivity index is 1.36. The molecule has 49 heavy (non-hydrogen) atoms. The van der Waals surface area contributed by atoms with Gasteiger partial charge < -0.3 is 14.4 Å². The molecule has 6 heteroatoms. The van der Waals surface area contributed by atoms with E-state index in [9.17, 15) is 0 Å². The highest BCUT2D eigenvalue weighted by Gasteiger charge is 2.74. The van der Waals surface area contributed by atoms with Crippen LogP contribution in [0.25, 0.3) is 6.08 Å². The quantitative estimate of drug-likeness (QED) is 0.185. The first kappa shape index (κ1) is 30.8. The van der Waals surface area contributed by atoms with Crippen molar-refractivity contribution in [3.8, 4) is 0 Å². The van der Waals surface area contributed by atoms with Gasteiger partial charge in [0.05, 0.1) is 18.2 Å². The van der Waals surface area contributed by atoms with E-state index in [1.165, 1.54) is 16.7 Å². The van der Waals surface area contributed by atoms with E-state index in [0.717, 1.165) is 33.5 Å². The molecule has 4 atom stereocenters. The monoisotopic (exact) mass is 645 g/mol. The number of hydrogen-bond acceptors (Lipinski definition) is 6. The maximum atomic E-state index is 7.15. The zero-order valence-corrected chi connectivity index (χ0v) is 28.0. The number of oxime groups is 2. The topological polar surface area (TPSA) is 55.7 Å². The van der Waals surface area contributed by atoms with E-state index in [-0.39, 0.29) is 12.0 Å². The smallest absolute Gasteiger partial charge is 0.346 e. The summed E-state index contributed by atoms with van der Waals surface area (Å²) in [6, 6.07) is 48.0. The lowest BCUT2D eigenvalue weighted by Gasteiger charge is -2.52. The van der Waals surface area contributed by atoms with Gasteiger partial charge in [-0.3, -0.25) is 4.90 Å². The third-order valence-electron chi connectivity index (χ3n) is 10.1. The van der Waals surface area contributed by atoms with Crippen LogP contribution in [0.1, 0.15) is 57.8 Å². The zero-order chi connectivity index (χ0) is 33.4. The molecule has 0 radical (unpaired) electrons. The van der Waals surface area contributed by atoms with Crippen molar-refractivity contribution in [1.29, 1.82) is 0 Å². The third-order valence-corrected chi connectivity index (χ3v) is 10.1. The Morgan fingerprint density at radius 3 is 1.94 bits per heavy atom. The molecule has 5 aromatic carbocycles. The normalized spacial score (nSPS) is 24.6. The molecule has 0 unspecified atom stereocenters. The second-order valence-electron chi connectivity index (χ2n) is 13.3. The summed E-state index contributed by atoms with van der Waals surface area (Å²) in [6.07, 6.45) is 2.19. The molecule has 1 saturated heterocycles. The third kappa shape index (κ3) is 5.42. The molecule has 244 valence electrons. The first-order valence-electron chi connectivity index (χ1n) is 16.9. The standard InChI is InChI=1S/C43H39N3O3/c1-30-19-23-33(24-20-30)27-38-28-46(32(3)34-13-7-4-8-14-34)29-42(43(38)47-41(45-49-43)37-17-11-6-12-18-37)39(35-25-21-31(2)22-26-35)40(44-48-42)36-15-9-5-10-16-36/h4-27,32,39H,28-29H2,1-3H3/b38-27+/t32-,39-,42-,43+/m1/s1. The highest BCUT2D eigenvalue weighted by atomic mass is 16.8. The minimum Gasteiger partial charge on any atom is -0.422 e. The minimum atomic E-state index is -1.44. The van der Waals surface area contributed by atoms with Gasteiger partial charge in [-0.25, -0.2) is 0 Å². The van der Waals surface area contributed by atoms with Crippen LogP contribution in [0.15, 0.2) is 155 Å². The van der Waals surface area contributed by atoms with E-state index in [0.29, 0.717) is 19.0 Å². The van der Waals surface area contributed by atoms with Crippen LogP contribution in [-0.4, -0.2) is 41.0 Å². The van der Waals surface area contributed by atoms with Crippen molar-refractivity contribution >= 4 is 17.7 Å². The van der Waals surface area contributed by atoms with Gasteiger partial charge in [0.1, 0.15) is 0 Å². The average Bonchev–Trinajstić information content (AvgIpc) is 3.77. The van der Waals surface area contributed by atoms with Crippen molar-refractivity contribution in [2.45, 2.75) is 44.1 Å². The van der Waals surface area contributed by atoms with E-state index < -0.39 is 11.4 Å². The molecule has 3 aliphatic rings. The number of fused-ring (bicyclic) bond motifs is 1. The van der Waals surface area contributed by atoms with Gasteiger partial charge in [0.25, 0.3) is 5.90 Å². The molecule has 0 aliphatic carbocycles. The molecule has 6 nitrogen and oxygen atoms in total. The van der Waals surface area contributed by atoms with Gasteiger partial charge >= 0.3 is 5.79 Å². The van der Waals surface area contributed by atoms with Crippen LogP contribution in [0.3, 0.4) is 0 Å². The maximum absolute atomic E-state index is 7.15. The predicted octanol–water partition coefficient (Wildman–Crippen LogP) is 8.83. The van der Waals surface area contributed by atoms with Crippen molar-refractivity contribution in [3.05, 3.63) is 184 Å². The number of nitrogens with zero attached hydrogens (tertiary/aromatic N) is 3. The fourth-order valence-electron chi connectivity index (χ4n) is 7.38. The first-order valence-corrected chi connectivity index (χ1v) is 16.9. The van der Waals surface area contributed by atoms with Crippen molar-refractivity contribution < 1.29 is 14.4 Å². The Morgan fingerprint density at radius 1 is 0.694 bits per heavy atom. The second-order valence-corrected chi connectivity index (χ2v) is 13.3. The number of benzene rings is 5. The number of ether oxygens (including phenoxy) is 1.